The maximum Gasteiger partial charge on any atom is 0.408 e. The van der Waals surface area contributed by atoms with E-state index < -0.39 is 24.0 Å². The van der Waals surface area contributed by atoms with Crippen LogP contribution in [-0.2, 0) is 9.57 Å². The van der Waals surface area contributed by atoms with Crippen molar-refractivity contribution in [1.29, 1.82) is 0 Å². The maximum absolute atomic E-state index is 11.9. The van der Waals surface area contributed by atoms with Crippen molar-refractivity contribution in [3.05, 3.63) is 28.6 Å². The second-order valence-corrected chi connectivity index (χ2v) is 6.96. The number of carbonyl (C=O) groups is 1. The van der Waals surface area contributed by atoms with E-state index in [0.29, 0.717) is 12.2 Å². The van der Waals surface area contributed by atoms with E-state index in [0.717, 1.165) is 5.56 Å². The zero-order valence-electron chi connectivity index (χ0n) is 13.7. The Morgan fingerprint density at radius 1 is 1.57 bits per heavy atom. The molecule has 2 rings (SSSR count). The summed E-state index contributed by atoms with van der Waals surface area (Å²) in [4.78, 5) is 17.2. The molecule has 1 unspecified atom stereocenters. The zero-order chi connectivity index (χ0) is 17.0. The summed E-state index contributed by atoms with van der Waals surface area (Å²) in [6.07, 6.45) is 0.626. The number of thiophene rings is 1. The molecule has 1 aliphatic heterocycles. The molecule has 1 aromatic rings. The van der Waals surface area contributed by atoms with E-state index in [4.69, 9.17) is 9.57 Å². The first-order valence-electron chi connectivity index (χ1n) is 7.43. The second kappa shape index (κ2) is 7.20. The molecule has 0 saturated heterocycles. The number of aliphatic hydroxyl groups excluding tert-OH is 1. The van der Waals surface area contributed by atoms with Crippen molar-refractivity contribution in [3.8, 4) is 0 Å². The molecule has 0 aromatic carbocycles. The lowest BCUT2D eigenvalue weighted by molar-refractivity contribution is -0.0824. The van der Waals surface area contributed by atoms with E-state index >= 15 is 0 Å². The van der Waals surface area contributed by atoms with Crippen LogP contribution in [-0.4, -0.2) is 34.1 Å². The number of hydrazine groups is 1. The number of nitrogens with zero attached hydrogens (tertiary/aromatic N) is 1. The van der Waals surface area contributed by atoms with E-state index in [1.807, 2.05) is 23.8 Å². The fourth-order valence-electron chi connectivity index (χ4n) is 1.99. The van der Waals surface area contributed by atoms with Crippen LogP contribution in [0.2, 0.25) is 0 Å². The second-order valence-electron chi connectivity index (χ2n) is 6.18. The van der Waals surface area contributed by atoms with Gasteiger partial charge >= 0.3 is 6.09 Å². The lowest BCUT2D eigenvalue weighted by Gasteiger charge is -2.29. The first kappa shape index (κ1) is 17.6. The number of carbonyl (C=O) groups excluding carboxylic acids is 1. The van der Waals surface area contributed by atoms with Gasteiger partial charge in [0.05, 0.1) is 12.2 Å². The highest BCUT2D eigenvalue weighted by Gasteiger charge is 2.30. The lowest BCUT2D eigenvalue weighted by atomic mass is 10.2. The minimum atomic E-state index is -0.997. The molecule has 128 valence electrons. The molecule has 8 heteroatoms. The SMILES string of the molecule is CC[C@H](NC(=O)OC(C)(C)C)C(O)N1C=C(c2ccsc2)ON1. The van der Waals surface area contributed by atoms with Gasteiger partial charge in [0.25, 0.3) is 0 Å². The minimum absolute atomic E-state index is 0.515. The van der Waals surface area contributed by atoms with Gasteiger partial charge in [0.1, 0.15) is 5.60 Å². The summed E-state index contributed by atoms with van der Waals surface area (Å²) in [7, 11) is 0. The third-order valence-electron chi connectivity index (χ3n) is 3.11. The number of hydrogen-bond donors (Lipinski definition) is 3. The van der Waals surface area contributed by atoms with Gasteiger partial charge in [-0.05, 0) is 38.6 Å². The lowest BCUT2D eigenvalue weighted by Crippen LogP contribution is -2.53. The average molecular weight is 341 g/mol. The normalized spacial score (nSPS) is 17.3. The minimum Gasteiger partial charge on any atom is -0.444 e. The number of nitrogens with one attached hydrogen (secondary N) is 2. The molecule has 0 spiro atoms. The smallest absolute Gasteiger partial charge is 0.408 e. The Balaban J connectivity index is 1.97. The molecule has 3 N–H and O–H groups in total. The molecular formula is C15H23N3O4S. The highest BCUT2D eigenvalue weighted by Crippen LogP contribution is 2.23. The Kier molecular flexibility index (Phi) is 5.51. The Labute approximate surface area is 139 Å². The zero-order valence-corrected chi connectivity index (χ0v) is 14.5. The fourth-order valence-corrected chi connectivity index (χ4v) is 2.63. The number of ether oxygens (including phenoxy) is 1. The van der Waals surface area contributed by atoms with Gasteiger partial charge in [0.2, 0.25) is 0 Å². The van der Waals surface area contributed by atoms with E-state index in [-0.39, 0.29) is 0 Å². The van der Waals surface area contributed by atoms with Crippen molar-refractivity contribution in [2.45, 2.75) is 52.0 Å². The van der Waals surface area contributed by atoms with Gasteiger partial charge in [-0.1, -0.05) is 12.5 Å². The summed E-state index contributed by atoms with van der Waals surface area (Å²) in [5.41, 5.74) is 2.97. The summed E-state index contributed by atoms with van der Waals surface area (Å²) in [5.74, 6) is 0.609. The van der Waals surface area contributed by atoms with Crippen molar-refractivity contribution < 1.29 is 19.5 Å². The molecule has 0 bridgehead atoms. The summed E-state index contributed by atoms with van der Waals surface area (Å²) in [5, 5.41) is 18.4. The Morgan fingerprint density at radius 2 is 2.30 bits per heavy atom. The van der Waals surface area contributed by atoms with Crippen LogP contribution >= 0.6 is 11.3 Å². The fraction of sp³-hybridized carbons (Fsp3) is 0.533. The molecule has 0 aliphatic carbocycles. The summed E-state index contributed by atoms with van der Waals surface area (Å²) in [6.45, 7) is 7.23. The summed E-state index contributed by atoms with van der Waals surface area (Å²) >= 11 is 1.56. The van der Waals surface area contributed by atoms with Crippen molar-refractivity contribution in [2.75, 3.05) is 0 Å². The van der Waals surface area contributed by atoms with Gasteiger partial charge in [-0.2, -0.15) is 11.3 Å². The van der Waals surface area contributed by atoms with Crippen molar-refractivity contribution in [2.24, 2.45) is 0 Å². The molecule has 1 aliphatic rings. The van der Waals surface area contributed by atoms with Gasteiger partial charge in [-0.25, -0.2) is 9.80 Å². The summed E-state index contributed by atoms with van der Waals surface area (Å²) in [6, 6.07) is 1.41. The highest BCUT2D eigenvalue weighted by molar-refractivity contribution is 7.08. The van der Waals surface area contributed by atoms with Gasteiger partial charge in [0, 0.05) is 10.9 Å². The highest BCUT2D eigenvalue weighted by atomic mass is 32.1. The Bertz CT molecular complexity index is 554. The van der Waals surface area contributed by atoms with Gasteiger partial charge in [-0.3, -0.25) is 0 Å². The molecule has 2 heterocycles. The largest absolute Gasteiger partial charge is 0.444 e. The standard InChI is InChI=1S/C15H23N3O4S/c1-5-11(16-14(20)21-15(2,3)4)13(19)18-8-12(22-17-18)10-6-7-23-9-10/h6-9,11,13,17,19H,5H2,1-4H3,(H,16,20)/t11-,13?/m0/s1. The first-order valence-corrected chi connectivity index (χ1v) is 8.37. The van der Waals surface area contributed by atoms with Gasteiger partial charge < -0.3 is 20.0 Å². The Hall–Kier alpha value is -1.77. The van der Waals surface area contributed by atoms with Crippen LogP contribution < -0.4 is 10.9 Å². The first-order chi connectivity index (χ1) is 10.8. The van der Waals surface area contributed by atoms with Crippen LogP contribution in [0.4, 0.5) is 4.79 Å². The number of alkyl carbamates (subject to hydrolysis) is 1. The number of hydrogen-bond acceptors (Lipinski definition) is 7. The number of rotatable bonds is 5. The summed E-state index contributed by atoms with van der Waals surface area (Å²) < 4.78 is 5.22. The molecule has 23 heavy (non-hydrogen) atoms. The van der Waals surface area contributed by atoms with E-state index in [9.17, 15) is 9.90 Å². The van der Waals surface area contributed by atoms with Gasteiger partial charge in [0.15, 0.2) is 12.0 Å². The van der Waals surface area contributed by atoms with E-state index in [1.165, 1.54) is 5.01 Å². The van der Waals surface area contributed by atoms with Crippen LogP contribution in [0.15, 0.2) is 23.0 Å². The monoisotopic (exact) mass is 341 g/mol. The van der Waals surface area contributed by atoms with Gasteiger partial charge in [-0.15, -0.1) is 0 Å². The van der Waals surface area contributed by atoms with Crippen molar-refractivity contribution in [1.82, 2.24) is 15.9 Å². The molecule has 7 nitrogen and oxygen atoms in total. The quantitative estimate of drug-likeness (QED) is 0.763. The van der Waals surface area contributed by atoms with Crippen LogP contribution in [0.3, 0.4) is 0 Å². The van der Waals surface area contributed by atoms with Crippen molar-refractivity contribution in [3.63, 3.8) is 0 Å². The predicted molar refractivity (Wildman–Crippen MR) is 87.8 cm³/mol. The molecule has 1 amide bonds. The van der Waals surface area contributed by atoms with E-state index in [1.54, 1.807) is 38.3 Å². The molecular weight excluding hydrogens is 318 g/mol. The van der Waals surface area contributed by atoms with Crippen molar-refractivity contribution >= 4 is 23.2 Å². The van der Waals surface area contributed by atoms with Crippen LogP contribution in [0.25, 0.3) is 5.76 Å². The van der Waals surface area contributed by atoms with Crippen LogP contribution in [0.5, 0.6) is 0 Å². The maximum atomic E-state index is 11.9. The molecule has 0 saturated carbocycles. The molecule has 0 fully saturated rings. The molecule has 2 atom stereocenters. The topological polar surface area (TPSA) is 83.1 Å². The van der Waals surface area contributed by atoms with Crippen LogP contribution in [0, 0.1) is 0 Å². The van der Waals surface area contributed by atoms with E-state index in [2.05, 4.69) is 10.9 Å². The Morgan fingerprint density at radius 3 is 2.87 bits per heavy atom. The number of amides is 1. The number of aliphatic hydroxyl groups is 1. The molecule has 1 aromatic heterocycles. The average Bonchev–Trinajstić information content (AvgIpc) is 3.11. The third kappa shape index (κ3) is 4.85. The van der Waals surface area contributed by atoms with Crippen LogP contribution in [0.1, 0.15) is 39.7 Å². The third-order valence-corrected chi connectivity index (χ3v) is 3.79. The predicted octanol–water partition coefficient (Wildman–Crippen LogP) is 2.42. The molecule has 0 radical (unpaired) electrons.